The van der Waals surface area contributed by atoms with Crippen LogP contribution in [0.15, 0.2) is 36.3 Å². The van der Waals surface area contributed by atoms with Crippen molar-refractivity contribution >= 4 is 11.9 Å². The van der Waals surface area contributed by atoms with E-state index in [4.69, 9.17) is 5.11 Å². The van der Waals surface area contributed by atoms with Crippen LogP contribution in [0.25, 0.3) is 0 Å². The number of hydrogen-bond donors (Lipinski definition) is 2. The average molecular weight is 257 g/mol. The van der Waals surface area contributed by atoms with Gasteiger partial charge in [-0.2, -0.15) is 10.1 Å². The first kappa shape index (κ1) is 11.4. The molecule has 0 amide bonds. The zero-order chi connectivity index (χ0) is 13.4. The third-order valence-corrected chi connectivity index (χ3v) is 2.85. The summed E-state index contributed by atoms with van der Waals surface area (Å²) >= 11 is 0. The summed E-state index contributed by atoms with van der Waals surface area (Å²) in [7, 11) is 0. The second-order valence-electron chi connectivity index (χ2n) is 4.16. The molecule has 7 nitrogen and oxygen atoms in total. The smallest absolute Gasteiger partial charge is 0.352 e. The van der Waals surface area contributed by atoms with E-state index < -0.39 is 5.97 Å². The van der Waals surface area contributed by atoms with Gasteiger partial charge in [0.2, 0.25) is 5.95 Å². The molecular weight excluding hydrogens is 246 g/mol. The Morgan fingerprint density at radius 2 is 2.16 bits per heavy atom. The highest BCUT2D eigenvalue weighted by molar-refractivity contribution is 5.90. The van der Waals surface area contributed by atoms with Gasteiger partial charge in [-0.25, -0.2) is 9.48 Å². The quantitative estimate of drug-likeness (QED) is 0.832. The van der Waals surface area contributed by atoms with E-state index in [1.807, 2.05) is 12.1 Å². The molecule has 19 heavy (non-hydrogen) atoms. The van der Waals surface area contributed by atoms with Crippen LogP contribution < -0.4 is 5.32 Å². The Morgan fingerprint density at radius 1 is 1.42 bits per heavy atom. The van der Waals surface area contributed by atoms with Crippen LogP contribution in [-0.2, 0) is 4.79 Å². The van der Waals surface area contributed by atoms with Gasteiger partial charge in [0.15, 0.2) is 0 Å². The van der Waals surface area contributed by atoms with Crippen LogP contribution in [-0.4, -0.2) is 30.8 Å². The lowest BCUT2D eigenvalue weighted by atomic mass is 10.1. The monoisotopic (exact) mass is 257 g/mol. The second kappa shape index (κ2) is 4.20. The van der Waals surface area contributed by atoms with Gasteiger partial charge in [0.05, 0.1) is 0 Å². The predicted octanol–water partition coefficient (Wildman–Crippen LogP) is 0.965. The van der Waals surface area contributed by atoms with Crippen molar-refractivity contribution in [1.82, 2.24) is 19.7 Å². The zero-order valence-corrected chi connectivity index (χ0v) is 10.1. The van der Waals surface area contributed by atoms with Crippen LogP contribution in [0.3, 0.4) is 0 Å². The molecule has 2 N–H and O–H groups in total. The van der Waals surface area contributed by atoms with Gasteiger partial charge in [-0.1, -0.05) is 0 Å². The molecule has 3 rings (SSSR count). The van der Waals surface area contributed by atoms with Gasteiger partial charge >= 0.3 is 5.97 Å². The van der Waals surface area contributed by atoms with E-state index >= 15 is 0 Å². The summed E-state index contributed by atoms with van der Waals surface area (Å²) in [5, 5.41) is 16.2. The normalized spacial score (nSPS) is 17.3. The molecule has 3 heterocycles. The number of pyridine rings is 1. The largest absolute Gasteiger partial charge is 0.477 e. The number of rotatable bonds is 2. The number of hydrogen-bond acceptors (Lipinski definition) is 5. The molecule has 0 bridgehead atoms. The van der Waals surface area contributed by atoms with E-state index in [1.54, 1.807) is 30.1 Å². The molecule has 0 radical (unpaired) electrons. The fourth-order valence-corrected chi connectivity index (χ4v) is 2.02. The van der Waals surface area contributed by atoms with Crippen molar-refractivity contribution in [2.45, 2.75) is 13.0 Å². The standard InChI is InChI=1S/C12H11N5O2/c1-7-14-12-15-9(11(18)19)6-10(17(12)16-7)8-2-4-13-5-3-8/h2-6,10H,1H3,(H,18,19)(H,14,15,16)/t10-/m1/s1. The highest BCUT2D eigenvalue weighted by Gasteiger charge is 2.26. The number of anilines is 1. The van der Waals surface area contributed by atoms with Crippen LogP contribution in [0.5, 0.6) is 0 Å². The maximum Gasteiger partial charge on any atom is 0.352 e. The maximum absolute atomic E-state index is 11.1. The van der Waals surface area contributed by atoms with E-state index in [9.17, 15) is 4.79 Å². The van der Waals surface area contributed by atoms with Gasteiger partial charge in [-0.3, -0.25) is 4.98 Å². The van der Waals surface area contributed by atoms with Gasteiger partial charge in [0.25, 0.3) is 0 Å². The first-order chi connectivity index (χ1) is 9.15. The number of carbonyl (C=O) groups is 1. The number of nitrogens with zero attached hydrogens (tertiary/aromatic N) is 4. The number of carboxylic acids is 1. The van der Waals surface area contributed by atoms with E-state index in [0.717, 1.165) is 5.56 Å². The van der Waals surface area contributed by atoms with Crippen LogP contribution in [0, 0.1) is 6.92 Å². The third-order valence-electron chi connectivity index (χ3n) is 2.85. The number of carboxylic acid groups (broad SMARTS) is 1. The maximum atomic E-state index is 11.1. The fourth-order valence-electron chi connectivity index (χ4n) is 2.02. The van der Waals surface area contributed by atoms with E-state index in [0.29, 0.717) is 11.8 Å². The Balaban J connectivity index is 2.13. The second-order valence-corrected chi connectivity index (χ2v) is 4.16. The SMILES string of the molecule is Cc1nc2n(n1)[C@@H](c1ccncc1)C=C(C(=O)O)N2. The Bertz CT molecular complexity index is 662. The molecule has 1 atom stereocenters. The Hall–Kier alpha value is -2.70. The van der Waals surface area contributed by atoms with Crippen molar-refractivity contribution in [3.05, 3.63) is 47.7 Å². The Kier molecular flexibility index (Phi) is 2.52. The van der Waals surface area contributed by atoms with Gasteiger partial charge in [0.1, 0.15) is 17.6 Å². The molecule has 2 aromatic rings. The molecule has 0 aliphatic carbocycles. The van der Waals surface area contributed by atoms with Gasteiger partial charge in [0, 0.05) is 12.4 Å². The summed E-state index contributed by atoms with van der Waals surface area (Å²) in [6, 6.07) is 3.35. The van der Waals surface area contributed by atoms with Crippen LogP contribution >= 0.6 is 0 Å². The lowest BCUT2D eigenvalue weighted by Crippen LogP contribution is -2.24. The van der Waals surface area contributed by atoms with Crippen LogP contribution in [0.1, 0.15) is 17.4 Å². The predicted molar refractivity (Wildman–Crippen MR) is 66.5 cm³/mol. The van der Waals surface area contributed by atoms with Crippen molar-refractivity contribution in [3.63, 3.8) is 0 Å². The molecule has 0 fully saturated rings. The topological polar surface area (TPSA) is 92.9 Å². The minimum atomic E-state index is -1.02. The molecule has 1 aliphatic rings. The highest BCUT2D eigenvalue weighted by atomic mass is 16.4. The Morgan fingerprint density at radius 3 is 2.84 bits per heavy atom. The van der Waals surface area contributed by atoms with E-state index in [-0.39, 0.29) is 11.7 Å². The van der Waals surface area contributed by atoms with Crippen molar-refractivity contribution < 1.29 is 9.90 Å². The highest BCUT2D eigenvalue weighted by Crippen LogP contribution is 2.28. The molecule has 0 saturated heterocycles. The first-order valence-electron chi connectivity index (χ1n) is 5.70. The summed E-state index contributed by atoms with van der Waals surface area (Å²) in [6.07, 6.45) is 4.93. The molecule has 0 spiro atoms. The zero-order valence-electron chi connectivity index (χ0n) is 10.1. The molecule has 7 heteroatoms. The summed E-state index contributed by atoms with van der Waals surface area (Å²) in [4.78, 5) is 19.3. The molecule has 0 unspecified atom stereocenters. The number of nitrogens with one attached hydrogen (secondary N) is 1. The minimum Gasteiger partial charge on any atom is -0.477 e. The van der Waals surface area contributed by atoms with E-state index in [1.165, 1.54) is 0 Å². The molecule has 96 valence electrons. The van der Waals surface area contributed by atoms with Crippen molar-refractivity contribution in [1.29, 1.82) is 0 Å². The minimum absolute atomic E-state index is 0.0988. The van der Waals surface area contributed by atoms with Gasteiger partial charge in [-0.05, 0) is 30.7 Å². The number of allylic oxidation sites excluding steroid dienone is 1. The number of aromatic nitrogens is 4. The lowest BCUT2D eigenvalue weighted by Gasteiger charge is -2.22. The van der Waals surface area contributed by atoms with Crippen LogP contribution in [0.4, 0.5) is 5.95 Å². The Labute approximate surface area is 108 Å². The number of aliphatic carboxylic acids is 1. The van der Waals surface area contributed by atoms with Crippen molar-refractivity contribution in [2.24, 2.45) is 0 Å². The molecule has 0 aromatic carbocycles. The van der Waals surface area contributed by atoms with Gasteiger partial charge < -0.3 is 10.4 Å². The van der Waals surface area contributed by atoms with Crippen LogP contribution in [0.2, 0.25) is 0 Å². The molecule has 1 aliphatic heterocycles. The number of aryl methyl sites for hydroxylation is 1. The van der Waals surface area contributed by atoms with Crippen molar-refractivity contribution in [3.8, 4) is 0 Å². The van der Waals surface area contributed by atoms with Gasteiger partial charge in [-0.15, -0.1) is 0 Å². The summed E-state index contributed by atoms with van der Waals surface area (Å²) in [5.74, 6) is -0.00762. The molecule has 0 saturated carbocycles. The van der Waals surface area contributed by atoms with Crippen molar-refractivity contribution in [2.75, 3.05) is 5.32 Å². The summed E-state index contributed by atoms with van der Waals surface area (Å²) in [6.45, 7) is 1.76. The molecular formula is C12H11N5O2. The number of fused-ring (bicyclic) bond motifs is 1. The first-order valence-corrected chi connectivity index (χ1v) is 5.70. The van der Waals surface area contributed by atoms with E-state index in [2.05, 4.69) is 20.4 Å². The third kappa shape index (κ3) is 1.95. The average Bonchev–Trinajstić information content (AvgIpc) is 2.78. The summed E-state index contributed by atoms with van der Waals surface area (Å²) in [5.41, 5.74) is 1.00. The lowest BCUT2D eigenvalue weighted by molar-refractivity contribution is -0.132. The molecule has 2 aromatic heterocycles. The fraction of sp³-hybridized carbons (Fsp3) is 0.167. The summed E-state index contributed by atoms with van der Waals surface area (Å²) < 4.78 is 1.66.